The molecule has 3 rings (SSSR count). The maximum atomic E-state index is 12.2. The Morgan fingerprint density at radius 1 is 1.31 bits per heavy atom. The number of thiazole rings is 1. The van der Waals surface area contributed by atoms with Crippen LogP contribution in [0.15, 0.2) is 48.4 Å². The Balaban J connectivity index is 1.46. The number of imidazole rings is 1. The first-order chi connectivity index (χ1) is 12.7. The van der Waals surface area contributed by atoms with E-state index in [0.29, 0.717) is 24.0 Å². The molecule has 0 aliphatic rings. The van der Waals surface area contributed by atoms with Gasteiger partial charge in [0.25, 0.3) is 5.91 Å². The third kappa shape index (κ3) is 5.06. The van der Waals surface area contributed by atoms with E-state index in [1.807, 2.05) is 42.0 Å². The molecule has 26 heavy (non-hydrogen) atoms. The van der Waals surface area contributed by atoms with Crippen LogP contribution in [0.3, 0.4) is 0 Å². The molecule has 0 saturated carbocycles. The highest BCUT2D eigenvalue weighted by Gasteiger charge is 2.10. The highest BCUT2D eigenvalue weighted by Crippen LogP contribution is 2.23. The van der Waals surface area contributed by atoms with Gasteiger partial charge in [0, 0.05) is 36.6 Å². The Morgan fingerprint density at radius 3 is 2.88 bits per heavy atom. The van der Waals surface area contributed by atoms with Crippen LogP contribution in [0.25, 0.3) is 0 Å². The Morgan fingerprint density at radius 2 is 2.15 bits per heavy atom. The predicted molar refractivity (Wildman–Crippen MR) is 102 cm³/mol. The Bertz CT molecular complexity index is 814. The lowest BCUT2D eigenvalue weighted by Gasteiger charge is -2.05. The minimum Gasteiger partial charge on any atom is -0.494 e. The highest BCUT2D eigenvalue weighted by atomic mass is 32.1. The van der Waals surface area contributed by atoms with Gasteiger partial charge in [0.2, 0.25) is 0 Å². The quantitative estimate of drug-likeness (QED) is 0.564. The molecule has 0 atom stereocenters. The van der Waals surface area contributed by atoms with Crippen molar-refractivity contribution in [2.75, 3.05) is 18.5 Å². The van der Waals surface area contributed by atoms with Crippen molar-refractivity contribution in [1.82, 2.24) is 19.9 Å². The summed E-state index contributed by atoms with van der Waals surface area (Å²) in [4.78, 5) is 20.5. The first-order valence-electron chi connectivity index (χ1n) is 8.44. The van der Waals surface area contributed by atoms with Crippen molar-refractivity contribution in [3.63, 3.8) is 0 Å². The molecule has 2 aromatic heterocycles. The van der Waals surface area contributed by atoms with E-state index in [4.69, 9.17) is 4.74 Å². The highest BCUT2D eigenvalue weighted by molar-refractivity contribution is 7.14. The van der Waals surface area contributed by atoms with Crippen LogP contribution >= 0.6 is 11.3 Å². The minimum absolute atomic E-state index is 0.161. The first kappa shape index (κ1) is 17.9. The number of amides is 1. The van der Waals surface area contributed by atoms with Crippen molar-refractivity contribution in [3.05, 3.63) is 54.1 Å². The lowest BCUT2D eigenvalue weighted by molar-refractivity contribution is 0.0948. The Hall–Kier alpha value is -2.87. The summed E-state index contributed by atoms with van der Waals surface area (Å²) >= 11 is 1.40. The second kappa shape index (κ2) is 9.00. The largest absolute Gasteiger partial charge is 0.494 e. The average molecular weight is 371 g/mol. The fourth-order valence-electron chi connectivity index (χ4n) is 2.33. The van der Waals surface area contributed by atoms with Crippen LogP contribution in [0.4, 0.5) is 10.8 Å². The molecule has 1 aromatic carbocycles. The lowest BCUT2D eigenvalue weighted by Crippen LogP contribution is -2.25. The number of ether oxygens (including phenoxy) is 1. The third-order valence-corrected chi connectivity index (χ3v) is 4.35. The molecule has 136 valence electrons. The zero-order chi connectivity index (χ0) is 18.2. The molecular weight excluding hydrogens is 350 g/mol. The zero-order valence-corrected chi connectivity index (χ0v) is 15.3. The molecule has 0 aliphatic heterocycles. The van der Waals surface area contributed by atoms with Crippen LogP contribution < -0.4 is 15.4 Å². The number of nitrogens with zero attached hydrogens (tertiary/aromatic N) is 3. The average Bonchev–Trinajstić information content (AvgIpc) is 3.32. The van der Waals surface area contributed by atoms with Crippen LogP contribution in [0.5, 0.6) is 5.75 Å². The molecule has 0 bridgehead atoms. The summed E-state index contributed by atoms with van der Waals surface area (Å²) in [5.74, 6) is 0.666. The fourth-order valence-corrected chi connectivity index (χ4v) is 3.04. The molecule has 1 amide bonds. The number of carbonyl (C=O) groups excluding carboxylic acids is 1. The van der Waals surface area contributed by atoms with Crippen LogP contribution in [-0.2, 0) is 6.54 Å². The number of aromatic nitrogens is 3. The lowest BCUT2D eigenvalue weighted by atomic mass is 10.3. The van der Waals surface area contributed by atoms with Gasteiger partial charge in [-0.2, -0.15) is 0 Å². The number of hydrogen-bond donors (Lipinski definition) is 2. The van der Waals surface area contributed by atoms with Crippen LogP contribution in [0.1, 0.15) is 23.8 Å². The monoisotopic (exact) mass is 371 g/mol. The maximum Gasteiger partial charge on any atom is 0.270 e. The minimum atomic E-state index is -0.161. The van der Waals surface area contributed by atoms with Crippen molar-refractivity contribution >= 4 is 28.1 Å². The zero-order valence-electron chi connectivity index (χ0n) is 14.5. The topological polar surface area (TPSA) is 81.1 Å². The van der Waals surface area contributed by atoms with Gasteiger partial charge in [-0.3, -0.25) is 4.79 Å². The standard InChI is InChI=1S/C18H21N5O2S/c1-2-25-15-6-4-14(5-7-15)21-18-22-16(12-26-18)17(24)20-8-3-10-23-11-9-19-13-23/h4-7,9,11-13H,2-3,8,10H2,1H3,(H,20,24)(H,21,22). The number of nitrogens with one attached hydrogen (secondary N) is 2. The summed E-state index contributed by atoms with van der Waals surface area (Å²) in [7, 11) is 0. The first-order valence-corrected chi connectivity index (χ1v) is 9.32. The van der Waals surface area contributed by atoms with E-state index in [0.717, 1.165) is 24.4 Å². The normalized spacial score (nSPS) is 10.5. The predicted octanol–water partition coefficient (Wildman–Crippen LogP) is 3.30. The van der Waals surface area contributed by atoms with Crippen molar-refractivity contribution in [3.8, 4) is 5.75 Å². The summed E-state index contributed by atoms with van der Waals surface area (Å²) in [6.45, 7) is 4.00. The number of benzene rings is 1. The van der Waals surface area contributed by atoms with E-state index in [2.05, 4.69) is 20.6 Å². The van der Waals surface area contributed by atoms with E-state index in [-0.39, 0.29) is 5.91 Å². The van der Waals surface area contributed by atoms with Crippen molar-refractivity contribution in [2.24, 2.45) is 0 Å². The molecule has 8 heteroatoms. The molecule has 2 N–H and O–H groups in total. The summed E-state index contributed by atoms with van der Waals surface area (Å²) in [5.41, 5.74) is 1.32. The van der Waals surface area contributed by atoms with E-state index >= 15 is 0 Å². The molecule has 0 saturated heterocycles. The van der Waals surface area contributed by atoms with Gasteiger partial charge in [-0.25, -0.2) is 9.97 Å². The summed E-state index contributed by atoms with van der Waals surface area (Å²) < 4.78 is 7.40. The van der Waals surface area contributed by atoms with Gasteiger partial charge >= 0.3 is 0 Å². The number of rotatable bonds is 9. The van der Waals surface area contributed by atoms with Gasteiger partial charge in [0.1, 0.15) is 11.4 Å². The molecule has 0 aliphatic carbocycles. The fraction of sp³-hybridized carbons (Fsp3) is 0.278. The molecule has 0 fully saturated rings. The van der Waals surface area contributed by atoms with Crippen LogP contribution in [0.2, 0.25) is 0 Å². The number of anilines is 2. The van der Waals surface area contributed by atoms with Gasteiger partial charge in [-0.1, -0.05) is 0 Å². The Labute approximate surface area is 156 Å². The van der Waals surface area contributed by atoms with Crippen LogP contribution in [-0.4, -0.2) is 33.6 Å². The molecule has 0 radical (unpaired) electrons. The van der Waals surface area contributed by atoms with Gasteiger partial charge in [0.05, 0.1) is 12.9 Å². The van der Waals surface area contributed by atoms with Gasteiger partial charge in [-0.05, 0) is 37.6 Å². The molecular formula is C18H21N5O2S. The molecule has 7 nitrogen and oxygen atoms in total. The Kier molecular flexibility index (Phi) is 6.21. The number of aryl methyl sites for hydroxylation is 1. The van der Waals surface area contributed by atoms with Gasteiger partial charge in [-0.15, -0.1) is 11.3 Å². The van der Waals surface area contributed by atoms with E-state index in [9.17, 15) is 4.79 Å². The number of hydrogen-bond acceptors (Lipinski definition) is 6. The summed E-state index contributed by atoms with van der Waals surface area (Å²) in [6.07, 6.45) is 6.25. The van der Waals surface area contributed by atoms with Crippen LogP contribution in [0, 0.1) is 0 Å². The van der Waals surface area contributed by atoms with E-state index in [1.54, 1.807) is 17.9 Å². The molecule has 2 heterocycles. The van der Waals surface area contributed by atoms with Crippen molar-refractivity contribution in [2.45, 2.75) is 19.9 Å². The summed E-state index contributed by atoms with van der Waals surface area (Å²) in [6, 6.07) is 7.63. The number of carbonyl (C=O) groups is 1. The summed E-state index contributed by atoms with van der Waals surface area (Å²) in [5, 5.41) is 8.51. The SMILES string of the molecule is CCOc1ccc(Nc2nc(C(=O)NCCCn3ccnc3)cs2)cc1. The van der Waals surface area contributed by atoms with Gasteiger partial charge in [0.15, 0.2) is 5.13 Å². The third-order valence-electron chi connectivity index (χ3n) is 3.59. The molecule has 0 unspecified atom stereocenters. The van der Waals surface area contributed by atoms with Crippen molar-refractivity contribution < 1.29 is 9.53 Å². The molecule has 3 aromatic rings. The van der Waals surface area contributed by atoms with Gasteiger partial charge < -0.3 is 19.9 Å². The van der Waals surface area contributed by atoms with Crippen molar-refractivity contribution in [1.29, 1.82) is 0 Å². The second-order valence-electron chi connectivity index (χ2n) is 5.53. The molecule has 0 spiro atoms. The smallest absolute Gasteiger partial charge is 0.270 e. The maximum absolute atomic E-state index is 12.2. The second-order valence-corrected chi connectivity index (χ2v) is 6.39. The van der Waals surface area contributed by atoms with E-state index in [1.165, 1.54) is 11.3 Å². The van der Waals surface area contributed by atoms with E-state index < -0.39 is 0 Å².